The Bertz CT molecular complexity index is 198. The van der Waals surface area contributed by atoms with Gasteiger partial charge in [-0.25, -0.2) is 0 Å². The smallest absolute Gasteiger partial charge is 0.223 e. The lowest BCUT2D eigenvalue weighted by molar-refractivity contribution is -0.133. The summed E-state index contributed by atoms with van der Waals surface area (Å²) < 4.78 is 0. The monoisotopic (exact) mass is 168 g/mol. The standard InChI is InChI=1S/C9H16N2O/c1-9(2,3)11(4)8(12)6-5-7-10/h5-6H2,1-4H3. The van der Waals surface area contributed by atoms with E-state index in [0.717, 1.165) is 0 Å². The first-order chi connectivity index (χ1) is 5.39. The van der Waals surface area contributed by atoms with Crippen molar-refractivity contribution in [2.75, 3.05) is 7.05 Å². The Balaban J connectivity index is 4.04. The van der Waals surface area contributed by atoms with Crippen molar-refractivity contribution in [1.29, 1.82) is 5.26 Å². The van der Waals surface area contributed by atoms with E-state index in [-0.39, 0.29) is 11.4 Å². The van der Waals surface area contributed by atoms with Crippen molar-refractivity contribution in [2.24, 2.45) is 0 Å². The molecule has 0 saturated heterocycles. The number of carbonyl (C=O) groups excluding carboxylic acids is 1. The molecule has 0 aromatic heterocycles. The molecule has 0 N–H and O–H groups in total. The van der Waals surface area contributed by atoms with Gasteiger partial charge in [-0.2, -0.15) is 5.26 Å². The van der Waals surface area contributed by atoms with Crippen LogP contribution in [0.25, 0.3) is 0 Å². The van der Waals surface area contributed by atoms with Gasteiger partial charge in [0, 0.05) is 25.4 Å². The van der Waals surface area contributed by atoms with Gasteiger partial charge in [0.25, 0.3) is 0 Å². The number of nitrogens with zero attached hydrogens (tertiary/aromatic N) is 2. The third-order valence-electron chi connectivity index (χ3n) is 1.83. The second-order valence-corrected chi connectivity index (χ2v) is 3.78. The SMILES string of the molecule is CN(C(=O)CCC#N)C(C)(C)C. The molecule has 0 aromatic carbocycles. The van der Waals surface area contributed by atoms with Crippen molar-refractivity contribution in [2.45, 2.75) is 39.2 Å². The summed E-state index contributed by atoms with van der Waals surface area (Å²) in [7, 11) is 1.76. The zero-order chi connectivity index (χ0) is 9.78. The highest BCUT2D eigenvalue weighted by molar-refractivity contribution is 5.76. The van der Waals surface area contributed by atoms with Crippen LogP contribution < -0.4 is 0 Å². The van der Waals surface area contributed by atoms with E-state index in [0.29, 0.717) is 12.8 Å². The molecule has 3 heteroatoms. The van der Waals surface area contributed by atoms with Crippen molar-refractivity contribution >= 4 is 5.91 Å². The largest absolute Gasteiger partial charge is 0.341 e. The molecule has 0 atom stereocenters. The lowest BCUT2D eigenvalue weighted by atomic mass is 10.1. The van der Waals surface area contributed by atoms with Crippen LogP contribution in [0.15, 0.2) is 0 Å². The van der Waals surface area contributed by atoms with Crippen LogP contribution in [-0.2, 0) is 4.79 Å². The van der Waals surface area contributed by atoms with Gasteiger partial charge in [0.05, 0.1) is 6.07 Å². The zero-order valence-electron chi connectivity index (χ0n) is 8.22. The maximum Gasteiger partial charge on any atom is 0.223 e. The maximum atomic E-state index is 11.3. The van der Waals surface area contributed by atoms with Gasteiger partial charge in [0.1, 0.15) is 0 Å². The van der Waals surface area contributed by atoms with E-state index in [9.17, 15) is 4.79 Å². The summed E-state index contributed by atoms with van der Waals surface area (Å²) in [6.07, 6.45) is 0.628. The van der Waals surface area contributed by atoms with Gasteiger partial charge in [-0.1, -0.05) is 0 Å². The topological polar surface area (TPSA) is 44.1 Å². The first-order valence-electron chi connectivity index (χ1n) is 4.03. The third kappa shape index (κ3) is 3.38. The minimum atomic E-state index is -0.146. The van der Waals surface area contributed by atoms with Crippen molar-refractivity contribution < 1.29 is 4.79 Å². The summed E-state index contributed by atoms with van der Waals surface area (Å²) in [6.45, 7) is 5.91. The number of carbonyl (C=O) groups is 1. The van der Waals surface area contributed by atoms with Gasteiger partial charge < -0.3 is 4.90 Å². The van der Waals surface area contributed by atoms with Gasteiger partial charge in [0.2, 0.25) is 5.91 Å². The van der Waals surface area contributed by atoms with E-state index >= 15 is 0 Å². The molecular formula is C9H16N2O. The minimum absolute atomic E-state index is 0.0315. The Morgan fingerprint density at radius 3 is 2.33 bits per heavy atom. The lowest BCUT2D eigenvalue weighted by Crippen LogP contribution is -2.42. The van der Waals surface area contributed by atoms with Crippen LogP contribution in [0.3, 0.4) is 0 Å². The molecule has 0 unspecified atom stereocenters. The molecule has 0 fully saturated rings. The van der Waals surface area contributed by atoms with E-state index in [1.165, 1.54) is 0 Å². The molecule has 68 valence electrons. The molecule has 0 radical (unpaired) electrons. The summed E-state index contributed by atoms with van der Waals surface area (Å²) in [6, 6.07) is 1.96. The first kappa shape index (κ1) is 11.0. The van der Waals surface area contributed by atoms with Crippen LogP contribution in [0.2, 0.25) is 0 Å². The van der Waals surface area contributed by atoms with Crippen LogP contribution in [0, 0.1) is 11.3 Å². The quantitative estimate of drug-likeness (QED) is 0.628. The van der Waals surface area contributed by atoms with Crippen LogP contribution in [0.4, 0.5) is 0 Å². The van der Waals surface area contributed by atoms with Crippen LogP contribution in [0.5, 0.6) is 0 Å². The van der Waals surface area contributed by atoms with Crippen molar-refractivity contribution in [3.05, 3.63) is 0 Å². The van der Waals surface area contributed by atoms with Crippen molar-refractivity contribution in [1.82, 2.24) is 4.90 Å². The van der Waals surface area contributed by atoms with E-state index in [1.54, 1.807) is 11.9 Å². The second kappa shape index (κ2) is 4.10. The first-order valence-corrected chi connectivity index (χ1v) is 4.03. The molecule has 0 rings (SSSR count). The normalized spacial score (nSPS) is 10.6. The average molecular weight is 168 g/mol. The molecule has 12 heavy (non-hydrogen) atoms. The molecule has 0 heterocycles. The summed E-state index contributed by atoms with van der Waals surface area (Å²) in [5.74, 6) is 0.0315. The fourth-order valence-corrected chi connectivity index (χ4v) is 0.705. The highest BCUT2D eigenvalue weighted by Crippen LogP contribution is 2.11. The number of hydrogen-bond donors (Lipinski definition) is 0. The van der Waals surface area contributed by atoms with E-state index in [1.807, 2.05) is 26.8 Å². The molecule has 0 aliphatic carbocycles. The maximum absolute atomic E-state index is 11.3. The third-order valence-corrected chi connectivity index (χ3v) is 1.83. The molecule has 0 saturated carbocycles. The van der Waals surface area contributed by atoms with Gasteiger partial charge in [0.15, 0.2) is 0 Å². The highest BCUT2D eigenvalue weighted by atomic mass is 16.2. The van der Waals surface area contributed by atoms with Crippen molar-refractivity contribution in [3.63, 3.8) is 0 Å². The summed E-state index contributed by atoms with van der Waals surface area (Å²) in [4.78, 5) is 13.0. The summed E-state index contributed by atoms with van der Waals surface area (Å²) in [5.41, 5.74) is -0.146. The number of rotatable bonds is 2. The molecule has 0 aliphatic heterocycles. The zero-order valence-corrected chi connectivity index (χ0v) is 8.22. The molecular weight excluding hydrogens is 152 g/mol. The van der Waals surface area contributed by atoms with E-state index < -0.39 is 0 Å². The number of hydrogen-bond acceptors (Lipinski definition) is 2. The summed E-state index contributed by atoms with van der Waals surface area (Å²) in [5, 5.41) is 8.28. The average Bonchev–Trinajstić information content (AvgIpc) is 1.97. The number of nitriles is 1. The van der Waals surface area contributed by atoms with Crippen LogP contribution in [0.1, 0.15) is 33.6 Å². The van der Waals surface area contributed by atoms with E-state index in [2.05, 4.69) is 0 Å². The molecule has 0 bridgehead atoms. The predicted octanol–water partition coefficient (Wildman–Crippen LogP) is 1.55. The Morgan fingerprint density at radius 2 is 2.00 bits per heavy atom. The fourth-order valence-electron chi connectivity index (χ4n) is 0.705. The molecule has 3 nitrogen and oxygen atoms in total. The Labute approximate surface area is 74.0 Å². The predicted molar refractivity (Wildman–Crippen MR) is 47.4 cm³/mol. The fraction of sp³-hybridized carbons (Fsp3) is 0.778. The van der Waals surface area contributed by atoms with Crippen molar-refractivity contribution in [3.8, 4) is 6.07 Å². The second-order valence-electron chi connectivity index (χ2n) is 3.78. The highest BCUT2D eigenvalue weighted by Gasteiger charge is 2.21. The number of amides is 1. The Morgan fingerprint density at radius 1 is 1.50 bits per heavy atom. The molecule has 0 aromatic rings. The molecule has 0 aliphatic rings. The molecule has 0 spiro atoms. The van der Waals surface area contributed by atoms with Crippen LogP contribution >= 0.6 is 0 Å². The molecule has 1 amide bonds. The van der Waals surface area contributed by atoms with Gasteiger partial charge in [-0.05, 0) is 20.8 Å². The van der Waals surface area contributed by atoms with Gasteiger partial charge in [-0.3, -0.25) is 4.79 Å². The summed E-state index contributed by atoms with van der Waals surface area (Å²) >= 11 is 0. The lowest BCUT2D eigenvalue weighted by Gasteiger charge is -2.31. The van der Waals surface area contributed by atoms with Crippen LogP contribution in [-0.4, -0.2) is 23.4 Å². The Kier molecular flexibility index (Phi) is 3.75. The Hall–Kier alpha value is -1.04. The minimum Gasteiger partial charge on any atom is -0.341 e. The van der Waals surface area contributed by atoms with Gasteiger partial charge >= 0.3 is 0 Å². The van der Waals surface area contributed by atoms with Gasteiger partial charge in [-0.15, -0.1) is 0 Å². The van der Waals surface area contributed by atoms with E-state index in [4.69, 9.17) is 5.26 Å².